The number of hydrogen-bond donors (Lipinski definition) is 0. The number of thioether (sulfide) groups is 2. The van der Waals surface area contributed by atoms with Gasteiger partial charge in [0.25, 0.3) is 0 Å². The second kappa shape index (κ2) is 4.86. The van der Waals surface area contributed by atoms with Crippen LogP contribution in [-0.2, 0) is 0 Å². The molecule has 0 aromatic heterocycles. The maximum Gasteiger partial charge on any atom is 0.202 e. The van der Waals surface area contributed by atoms with E-state index in [0.29, 0.717) is 15.4 Å². The van der Waals surface area contributed by atoms with Gasteiger partial charge >= 0.3 is 0 Å². The van der Waals surface area contributed by atoms with E-state index in [0.717, 1.165) is 20.9 Å². The molecular weight excluding hydrogens is 312 g/mol. The second-order valence-electron chi connectivity index (χ2n) is 5.40. The summed E-state index contributed by atoms with van der Waals surface area (Å²) in [6.07, 6.45) is 0. The van der Waals surface area contributed by atoms with Crippen molar-refractivity contribution in [3.63, 3.8) is 0 Å². The van der Waals surface area contributed by atoms with E-state index in [2.05, 4.69) is 0 Å². The largest absolute Gasteiger partial charge is 0.288 e. The Kier molecular flexibility index (Phi) is 3.06. The molecule has 2 aromatic carbocycles. The zero-order valence-electron chi connectivity index (χ0n) is 12.1. The van der Waals surface area contributed by atoms with Gasteiger partial charge in [-0.2, -0.15) is 0 Å². The lowest BCUT2D eigenvalue weighted by atomic mass is 10.0. The minimum absolute atomic E-state index is 0.0215. The zero-order chi connectivity index (χ0) is 15.4. The van der Waals surface area contributed by atoms with Crippen LogP contribution in [0.2, 0.25) is 0 Å². The normalized spacial score (nSPS) is 19.5. The smallest absolute Gasteiger partial charge is 0.202 e. The number of allylic oxidation sites excluding steroid dienone is 2. The van der Waals surface area contributed by atoms with Gasteiger partial charge in [0.1, 0.15) is 0 Å². The summed E-state index contributed by atoms with van der Waals surface area (Å²) in [5.74, 6) is -0.0506. The van der Waals surface area contributed by atoms with Crippen molar-refractivity contribution in [2.75, 3.05) is 0 Å². The highest BCUT2D eigenvalue weighted by Crippen LogP contribution is 2.50. The molecule has 0 unspecified atom stereocenters. The summed E-state index contributed by atoms with van der Waals surface area (Å²) in [6.45, 7) is 4.07. The Bertz CT molecular complexity index is 894. The highest BCUT2D eigenvalue weighted by atomic mass is 32.2. The van der Waals surface area contributed by atoms with E-state index in [-0.39, 0.29) is 11.6 Å². The molecule has 0 spiro atoms. The predicted molar refractivity (Wildman–Crippen MR) is 89.8 cm³/mol. The van der Waals surface area contributed by atoms with Gasteiger partial charge < -0.3 is 0 Å². The zero-order valence-corrected chi connectivity index (χ0v) is 13.7. The third-order valence-electron chi connectivity index (χ3n) is 4.09. The number of ketones is 2. The van der Waals surface area contributed by atoms with Crippen molar-refractivity contribution in [3.8, 4) is 0 Å². The van der Waals surface area contributed by atoms with Crippen molar-refractivity contribution >= 4 is 35.1 Å². The van der Waals surface area contributed by atoms with E-state index in [1.165, 1.54) is 29.1 Å². The van der Waals surface area contributed by atoms with Gasteiger partial charge in [0.2, 0.25) is 11.6 Å². The Morgan fingerprint density at radius 3 is 2.23 bits per heavy atom. The first-order valence-electron chi connectivity index (χ1n) is 6.96. The Labute approximate surface area is 137 Å². The van der Waals surface area contributed by atoms with Crippen LogP contribution in [-0.4, -0.2) is 11.6 Å². The van der Waals surface area contributed by atoms with E-state index in [1.54, 1.807) is 0 Å². The molecule has 108 valence electrons. The summed E-state index contributed by atoms with van der Waals surface area (Å²) >= 11 is 2.86. The number of carbonyl (C=O) groups excluding carboxylic acids is 2. The molecule has 0 N–H and O–H groups in total. The van der Waals surface area contributed by atoms with Crippen LogP contribution in [0, 0.1) is 13.8 Å². The van der Waals surface area contributed by atoms with E-state index >= 15 is 0 Å². The lowest BCUT2D eigenvalue weighted by molar-refractivity contribution is 0.101. The maximum atomic E-state index is 12.7. The Morgan fingerprint density at radius 1 is 0.773 bits per heavy atom. The highest BCUT2D eigenvalue weighted by Gasteiger charge is 2.36. The van der Waals surface area contributed by atoms with Crippen molar-refractivity contribution in [2.24, 2.45) is 0 Å². The first kappa shape index (κ1) is 13.9. The van der Waals surface area contributed by atoms with E-state index < -0.39 is 0 Å². The standard InChI is InChI=1S/C18H12O2S2/c1-9-7-8-12-15(20)18(22-16(12)10(9)2)17-14(19)11-5-3-4-6-13(11)21-17/h3-8H,1-2H3. The number of fused-ring (bicyclic) bond motifs is 2. The van der Waals surface area contributed by atoms with Crippen LogP contribution in [0.1, 0.15) is 31.8 Å². The topological polar surface area (TPSA) is 34.1 Å². The quantitative estimate of drug-likeness (QED) is 0.652. The van der Waals surface area contributed by atoms with Crippen LogP contribution < -0.4 is 0 Å². The number of carbonyl (C=O) groups is 2. The third kappa shape index (κ3) is 1.84. The van der Waals surface area contributed by atoms with Crippen molar-refractivity contribution in [3.05, 3.63) is 68.5 Å². The fourth-order valence-corrected chi connectivity index (χ4v) is 5.14. The van der Waals surface area contributed by atoms with Crippen LogP contribution >= 0.6 is 23.5 Å². The molecule has 2 aliphatic rings. The second-order valence-corrected chi connectivity index (χ2v) is 7.47. The number of hydrogen-bond acceptors (Lipinski definition) is 4. The molecule has 0 radical (unpaired) electrons. The Morgan fingerprint density at radius 2 is 1.45 bits per heavy atom. The van der Waals surface area contributed by atoms with E-state index in [9.17, 15) is 9.59 Å². The fourth-order valence-electron chi connectivity index (χ4n) is 2.69. The van der Waals surface area contributed by atoms with Crippen molar-refractivity contribution < 1.29 is 9.59 Å². The molecule has 0 aliphatic carbocycles. The highest BCUT2D eigenvalue weighted by molar-refractivity contribution is 8.08. The summed E-state index contributed by atoms with van der Waals surface area (Å²) in [5, 5.41) is 0. The summed E-state index contributed by atoms with van der Waals surface area (Å²) < 4.78 is 0. The Balaban J connectivity index is 1.85. The molecule has 4 rings (SSSR count). The molecule has 2 aliphatic heterocycles. The SMILES string of the molecule is Cc1ccc2c(c1C)SC(=C1Sc3ccccc3C1=O)C2=O. The van der Waals surface area contributed by atoms with Crippen LogP contribution in [0.4, 0.5) is 0 Å². The maximum absolute atomic E-state index is 12.7. The fraction of sp³-hybridized carbons (Fsp3) is 0.111. The molecule has 4 heteroatoms. The number of rotatable bonds is 0. The van der Waals surface area contributed by atoms with Crippen molar-refractivity contribution in [1.29, 1.82) is 0 Å². The summed E-state index contributed by atoms with van der Waals surface area (Å²) in [5.41, 5.74) is 3.71. The molecule has 0 bridgehead atoms. The number of aryl methyl sites for hydroxylation is 1. The van der Waals surface area contributed by atoms with Crippen LogP contribution in [0.25, 0.3) is 0 Å². The number of benzene rings is 2. The monoisotopic (exact) mass is 324 g/mol. The molecule has 0 fully saturated rings. The molecular formula is C18H12O2S2. The van der Waals surface area contributed by atoms with Crippen molar-refractivity contribution in [1.82, 2.24) is 0 Å². The Hall–Kier alpha value is -1.78. The van der Waals surface area contributed by atoms with Gasteiger partial charge in [-0.15, -0.1) is 0 Å². The summed E-state index contributed by atoms with van der Waals surface area (Å²) in [4.78, 5) is 28.4. The van der Waals surface area contributed by atoms with Gasteiger partial charge in [0, 0.05) is 20.9 Å². The minimum atomic E-state index is -0.0290. The van der Waals surface area contributed by atoms with Crippen LogP contribution in [0.15, 0.2) is 56.0 Å². The molecule has 0 atom stereocenters. The molecule has 22 heavy (non-hydrogen) atoms. The van der Waals surface area contributed by atoms with Gasteiger partial charge in [-0.3, -0.25) is 9.59 Å². The van der Waals surface area contributed by atoms with E-state index in [4.69, 9.17) is 0 Å². The van der Waals surface area contributed by atoms with Crippen LogP contribution in [0.3, 0.4) is 0 Å². The predicted octanol–water partition coefficient (Wildman–Crippen LogP) is 4.79. The van der Waals surface area contributed by atoms with Crippen molar-refractivity contribution in [2.45, 2.75) is 23.6 Å². The minimum Gasteiger partial charge on any atom is -0.288 e. The van der Waals surface area contributed by atoms with E-state index in [1.807, 2.05) is 50.2 Å². The molecule has 2 heterocycles. The van der Waals surface area contributed by atoms with Gasteiger partial charge in [-0.05, 0) is 43.2 Å². The van der Waals surface area contributed by atoms with Gasteiger partial charge in [0.15, 0.2) is 0 Å². The molecule has 2 aromatic rings. The number of Topliss-reactive ketones (excluding diaryl/α,β-unsaturated/α-hetero) is 2. The summed E-state index contributed by atoms with van der Waals surface area (Å²) in [6, 6.07) is 11.4. The average molecular weight is 324 g/mol. The molecule has 0 amide bonds. The average Bonchev–Trinajstić information content (AvgIpc) is 3.02. The van der Waals surface area contributed by atoms with Crippen LogP contribution in [0.5, 0.6) is 0 Å². The lowest BCUT2D eigenvalue weighted by Crippen LogP contribution is -2.02. The first-order chi connectivity index (χ1) is 10.6. The molecule has 0 saturated carbocycles. The lowest BCUT2D eigenvalue weighted by Gasteiger charge is -2.04. The third-order valence-corrected chi connectivity index (χ3v) is 6.71. The molecule has 0 saturated heterocycles. The van der Waals surface area contributed by atoms with Gasteiger partial charge in [-0.1, -0.05) is 41.7 Å². The van der Waals surface area contributed by atoms with Gasteiger partial charge in [-0.25, -0.2) is 0 Å². The first-order valence-corrected chi connectivity index (χ1v) is 8.60. The van der Waals surface area contributed by atoms with Gasteiger partial charge in [0.05, 0.1) is 9.81 Å². The molecule has 2 nitrogen and oxygen atoms in total. The summed E-state index contributed by atoms with van der Waals surface area (Å²) in [7, 11) is 0.